The van der Waals surface area contributed by atoms with Crippen LogP contribution in [0, 0.1) is 0 Å². The second kappa shape index (κ2) is 22.0. The van der Waals surface area contributed by atoms with Crippen LogP contribution >= 0.6 is 11.6 Å². The lowest BCUT2D eigenvalue weighted by atomic mass is 10.0. The SMILES string of the molecule is Nc1c(Cl)cc(C[C@@H](OC(=O)N2CCC(N3CCc4ccccc4NC3=O)CC2)C(=O)N2CCN(C3CCN(C(=O)CCC(=O)OCCCN4CCCCC4=O)CC3)CC2)cc1C(F)(F)F. The van der Waals surface area contributed by atoms with Crippen LogP contribution < -0.4 is 11.1 Å². The van der Waals surface area contributed by atoms with E-state index in [0.717, 1.165) is 36.7 Å². The van der Waals surface area contributed by atoms with Crippen LogP contribution in [0.3, 0.4) is 0 Å². The number of nitrogens with zero attached hydrogens (tertiary/aromatic N) is 6. The number of likely N-dealkylation sites (tertiary alicyclic amines) is 3. The molecule has 7 rings (SSSR count). The number of halogens is 4. The second-order valence-electron chi connectivity index (χ2n) is 17.7. The van der Waals surface area contributed by atoms with E-state index in [9.17, 15) is 41.9 Å². The third-order valence-electron chi connectivity index (χ3n) is 13.5. The molecule has 0 aliphatic carbocycles. The van der Waals surface area contributed by atoms with Gasteiger partial charge in [-0.1, -0.05) is 29.8 Å². The highest BCUT2D eigenvalue weighted by Gasteiger charge is 2.39. The summed E-state index contributed by atoms with van der Waals surface area (Å²) in [4.78, 5) is 89.0. The standard InChI is InChI=1S/C46H60ClF3N8O8/c47-36-29-31(28-35(42(36)51)46(48,49)50)30-38(66-45(64)57-20-14-34(15-21-57)58-22-11-32-6-1-2-7-37(32)52-44(58)63)43(62)56-25-23-53(24-26-56)33-12-18-55(19-13-33)40(60)9-10-41(61)65-27-5-17-54-16-4-3-8-39(54)59/h1-2,6-7,28-29,33-34,38H,3-5,8-27,30,51H2,(H,52,63)/t38-/m1/s1. The molecule has 1 atom stereocenters. The fourth-order valence-corrected chi connectivity index (χ4v) is 9.93. The topological polar surface area (TPSA) is 178 Å². The van der Waals surface area contributed by atoms with Crippen molar-refractivity contribution in [2.24, 2.45) is 0 Å². The largest absolute Gasteiger partial charge is 0.466 e. The first-order valence-corrected chi connectivity index (χ1v) is 23.5. The molecule has 0 spiro atoms. The van der Waals surface area contributed by atoms with Gasteiger partial charge in [-0.2, -0.15) is 13.2 Å². The highest BCUT2D eigenvalue weighted by molar-refractivity contribution is 6.33. The van der Waals surface area contributed by atoms with E-state index in [0.29, 0.717) is 84.2 Å². The van der Waals surface area contributed by atoms with E-state index in [2.05, 4.69) is 10.2 Å². The zero-order valence-corrected chi connectivity index (χ0v) is 38.0. The second-order valence-corrected chi connectivity index (χ2v) is 18.2. The number of piperidine rings is 3. The van der Waals surface area contributed by atoms with Gasteiger partial charge >= 0.3 is 24.3 Å². The fourth-order valence-electron chi connectivity index (χ4n) is 9.68. The van der Waals surface area contributed by atoms with Crippen LogP contribution in [-0.4, -0.2) is 162 Å². The van der Waals surface area contributed by atoms with E-state index in [1.165, 1.54) is 11.0 Å². The number of piperazine rings is 1. The predicted molar refractivity (Wildman–Crippen MR) is 238 cm³/mol. The van der Waals surface area contributed by atoms with E-state index in [4.69, 9.17) is 26.8 Å². The van der Waals surface area contributed by atoms with Crippen LogP contribution in [-0.2, 0) is 47.7 Å². The van der Waals surface area contributed by atoms with Crippen LogP contribution in [0.1, 0.15) is 80.9 Å². The van der Waals surface area contributed by atoms with Gasteiger partial charge in [-0.05, 0) is 80.7 Å². The fraction of sp³-hybridized carbons (Fsp3) is 0.609. The van der Waals surface area contributed by atoms with E-state index in [1.54, 1.807) is 19.6 Å². The van der Waals surface area contributed by atoms with E-state index in [-0.39, 0.29) is 92.6 Å². The van der Waals surface area contributed by atoms with Gasteiger partial charge in [-0.3, -0.25) is 24.1 Å². The number of esters is 1. The third-order valence-corrected chi connectivity index (χ3v) is 13.8. The van der Waals surface area contributed by atoms with Gasteiger partial charge in [0.15, 0.2) is 6.10 Å². The van der Waals surface area contributed by atoms with Gasteiger partial charge < -0.3 is 45.0 Å². The maximum atomic E-state index is 14.2. The molecule has 6 amide bonds. The molecule has 2 aromatic carbocycles. The zero-order chi connectivity index (χ0) is 47.0. The van der Waals surface area contributed by atoms with Gasteiger partial charge in [-0.15, -0.1) is 0 Å². The van der Waals surface area contributed by atoms with Crippen molar-refractivity contribution in [2.45, 2.75) is 101 Å². The molecule has 0 aromatic heterocycles. The first-order valence-electron chi connectivity index (χ1n) is 23.1. The van der Waals surface area contributed by atoms with Crippen molar-refractivity contribution in [3.8, 4) is 0 Å². The average molecular weight is 945 g/mol. The van der Waals surface area contributed by atoms with Crippen LogP contribution in [0.4, 0.5) is 34.1 Å². The summed E-state index contributed by atoms with van der Waals surface area (Å²) >= 11 is 6.15. The van der Waals surface area contributed by atoms with Crippen molar-refractivity contribution < 1.29 is 51.4 Å². The van der Waals surface area contributed by atoms with Crippen molar-refractivity contribution in [1.82, 2.24) is 29.4 Å². The van der Waals surface area contributed by atoms with Gasteiger partial charge in [-0.25, -0.2) is 9.59 Å². The van der Waals surface area contributed by atoms with Gasteiger partial charge in [0.1, 0.15) is 0 Å². The Labute approximate surface area is 387 Å². The van der Waals surface area contributed by atoms with Crippen LogP contribution in [0.25, 0.3) is 0 Å². The van der Waals surface area contributed by atoms with Gasteiger partial charge in [0.05, 0.1) is 29.3 Å². The number of urea groups is 1. The Bertz CT molecular complexity index is 2090. The lowest BCUT2D eigenvalue weighted by Crippen LogP contribution is -2.57. The number of alkyl halides is 3. The molecule has 0 saturated carbocycles. The molecule has 4 saturated heterocycles. The molecule has 0 unspecified atom stereocenters. The number of anilines is 2. The molecule has 5 aliphatic rings. The Morgan fingerprint density at radius 3 is 2.23 bits per heavy atom. The Hall–Kier alpha value is -5.30. The zero-order valence-electron chi connectivity index (χ0n) is 37.2. The van der Waals surface area contributed by atoms with Crippen LogP contribution in [0.15, 0.2) is 36.4 Å². The average Bonchev–Trinajstić information content (AvgIpc) is 3.48. The summed E-state index contributed by atoms with van der Waals surface area (Å²) in [5.41, 5.74) is 5.74. The minimum absolute atomic E-state index is 0.0180. The number of benzene rings is 2. The Balaban J connectivity index is 0.891. The Morgan fingerprint density at radius 2 is 1.52 bits per heavy atom. The summed E-state index contributed by atoms with van der Waals surface area (Å²) in [5, 5.41) is 2.64. The molecular formula is C46H60ClF3N8O8. The monoisotopic (exact) mass is 944 g/mol. The minimum Gasteiger partial charge on any atom is -0.466 e. The van der Waals surface area contributed by atoms with Crippen molar-refractivity contribution in [1.29, 1.82) is 0 Å². The van der Waals surface area contributed by atoms with Crippen molar-refractivity contribution >= 4 is 58.8 Å². The van der Waals surface area contributed by atoms with E-state index < -0.39 is 41.5 Å². The summed E-state index contributed by atoms with van der Waals surface area (Å²) < 4.78 is 53.1. The minimum atomic E-state index is -4.82. The molecule has 20 heteroatoms. The van der Waals surface area contributed by atoms with Gasteiger partial charge in [0, 0.05) is 109 Å². The number of carbonyl (C=O) groups is 6. The number of fused-ring (bicyclic) bond motifs is 1. The predicted octanol–water partition coefficient (Wildman–Crippen LogP) is 5.40. The van der Waals surface area contributed by atoms with E-state index >= 15 is 0 Å². The molecule has 5 heterocycles. The summed E-state index contributed by atoms with van der Waals surface area (Å²) in [6, 6.07) is 9.50. The Kier molecular flexibility index (Phi) is 16.2. The number of nitrogens with two attached hydrogens (primary N) is 1. The number of nitrogen functional groups attached to an aromatic ring is 1. The first-order chi connectivity index (χ1) is 31.6. The van der Waals surface area contributed by atoms with Crippen LogP contribution in [0.5, 0.6) is 0 Å². The number of hydrogen-bond acceptors (Lipinski definition) is 10. The number of para-hydroxylation sites is 1. The molecule has 360 valence electrons. The van der Waals surface area contributed by atoms with Crippen molar-refractivity contribution in [3.05, 3.63) is 58.1 Å². The third kappa shape index (κ3) is 12.4. The number of ether oxygens (including phenoxy) is 2. The molecule has 0 bridgehead atoms. The number of rotatable bonds is 13. The summed E-state index contributed by atoms with van der Waals surface area (Å²) in [5.74, 6) is -0.973. The number of nitrogens with one attached hydrogen (secondary N) is 1. The summed E-state index contributed by atoms with van der Waals surface area (Å²) in [7, 11) is 0. The summed E-state index contributed by atoms with van der Waals surface area (Å²) in [6.07, 6.45) is -1.39. The molecule has 16 nitrogen and oxygen atoms in total. The molecule has 0 radical (unpaired) electrons. The highest BCUT2D eigenvalue weighted by atomic mass is 35.5. The molecular weight excluding hydrogens is 885 g/mol. The normalized spacial score (nSPS) is 19.8. The highest BCUT2D eigenvalue weighted by Crippen LogP contribution is 2.38. The quantitative estimate of drug-likeness (QED) is 0.150. The number of hydrogen-bond donors (Lipinski definition) is 2. The Morgan fingerprint density at radius 1 is 0.818 bits per heavy atom. The van der Waals surface area contributed by atoms with Gasteiger partial charge in [0.2, 0.25) is 11.8 Å². The molecule has 66 heavy (non-hydrogen) atoms. The number of carbonyl (C=O) groups excluding carboxylic acids is 6. The van der Waals surface area contributed by atoms with E-state index in [1.807, 2.05) is 24.3 Å². The lowest BCUT2D eigenvalue weighted by Gasteiger charge is -2.43. The maximum Gasteiger partial charge on any atom is 0.418 e. The van der Waals surface area contributed by atoms with Gasteiger partial charge in [0.25, 0.3) is 5.91 Å². The smallest absolute Gasteiger partial charge is 0.418 e. The van der Waals surface area contributed by atoms with Crippen molar-refractivity contribution in [2.75, 3.05) is 89.6 Å². The molecule has 2 aromatic rings. The summed E-state index contributed by atoms with van der Waals surface area (Å²) in [6.45, 7) is 5.07. The van der Waals surface area contributed by atoms with Crippen molar-refractivity contribution in [3.63, 3.8) is 0 Å². The maximum absolute atomic E-state index is 14.2. The lowest BCUT2D eigenvalue weighted by molar-refractivity contribution is -0.146. The van der Waals surface area contributed by atoms with Crippen LogP contribution in [0.2, 0.25) is 5.02 Å². The first kappa shape index (κ1) is 48.6. The molecule has 4 fully saturated rings. The number of amides is 6. The molecule has 3 N–H and O–H groups in total. The molecule has 5 aliphatic heterocycles.